The molecule has 1 atom stereocenters. The summed E-state index contributed by atoms with van der Waals surface area (Å²) in [6.07, 6.45) is 2.88. The van der Waals surface area contributed by atoms with Gasteiger partial charge in [0.15, 0.2) is 0 Å². The lowest BCUT2D eigenvalue weighted by molar-refractivity contribution is -0.123. The zero-order chi connectivity index (χ0) is 17.6. The monoisotopic (exact) mass is 356 g/mol. The maximum Gasteiger partial charge on any atom is 0.234 e. The molecule has 3 rings (SSSR count). The van der Waals surface area contributed by atoms with E-state index in [1.807, 2.05) is 36.2 Å². The van der Waals surface area contributed by atoms with E-state index in [2.05, 4.69) is 35.8 Å². The third-order valence-electron chi connectivity index (χ3n) is 4.32. The van der Waals surface area contributed by atoms with Gasteiger partial charge in [0.2, 0.25) is 5.91 Å². The molecule has 132 valence electrons. The van der Waals surface area contributed by atoms with E-state index in [-0.39, 0.29) is 11.9 Å². The van der Waals surface area contributed by atoms with Gasteiger partial charge in [0.1, 0.15) is 5.75 Å². The molecular weight excluding hydrogens is 332 g/mol. The Kier molecular flexibility index (Phi) is 6.00. The van der Waals surface area contributed by atoms with E-state index in [0.717, 1.165) is 24.3 Å². The molecule has 1 unspecified atom stereocenters. The summed E-state index contributed by atoms with van der Waals surface area (Å²) in [5.74, 6) is 0.922. The maximum atomic E-state index is 12.4. The average Bonchev–Trinajstić information content (AvgIpc) is 2.62. The number of fused-ring (bicyclic) bond motifs is 1. The Morgan fingerprint density at radius 3 is 2.76 bits per heavy atom. The first-order valence-corrected chi connectivity index (χ1v) is 9.71. The Bertz CT molecular complexity index is 718. The number of likely N-dealkylation sites (N-methyl/N-ethyl adjacent to an activating group) is 1. The number of amides is 1. The highest BCUT2D eigenvalue weighted by molar-refractivity contribution is 7.98. The predicted molar refractivity (Wildman–Crippen MR) is 102 cm³/mol. The number of nitrogens with zero attached hydrogens (tertiary/aromatic N) is 1. The molecule has 0 saturated carbocycles. The van der Waals surface area contributed by atoms with Gasteiger partial charge >= 0.3 is 0 Å². The molecule has 0 aliphatic carbocycles. The number of rotatable bonds is 6. The second-order valence-electron chi connectivity index (χ2n) is 6.32. The van der Waals surface area contributed by atoms with Crippen molar-refractivity contribution in [2.75, 3.05) is 26.5 Å². The average molecular weight is 356 g/mol. The summed E-state index contributed by atoms with van der Waals surface area (Å²) in [6, 6.07) is 16.4. The van der Waals surface area contributed by atoms with Gasteiger partial charge in [-0.2, -0.15) is 0 Å². The number of benzene rings is 2. The van der Waals surface area contributed by atoms with E-state index in [9.17, 15) is 4.79 Å². The fourth-order valence-corrected chi connectivity index (χ4v) is 3.48. The maximum absolute atomic E-state index is 12.4. The molecule has 5 heteroatoms. The van der Waals surface area contributed by atoms with Crippen LogP contribution in [0.5, 0.6) is 5.75 Å². The number of carbonyl (C=O) groups excluding carboxylic acids is 1. The van der Waals surface area contributed by atoms with Gasteiger partial charge in [-0.15, -0.1) is 11.8 Å². The third-order valence-corrected chi connectivity index (χ3v) is 5.06. The van der Waals surface area contributed by atoms with Crippen LogP contribution in [0.1, 0.15) is 23.6 Å². The van der Waals surface area contributed by atoms with Crippen LogP contribution in [0, 0.1) is 0 Å². The molecule has 1 heterocycles. The quantitative estimate of drug-likeness (QED) is 0.805. The molecule has 0 aromatic heterocycles. The summed E-state index contributed by atoms with van der Waals surface area (Å²) < 4.78 is 5.65. The highest BCUT2D eigenvalue weighted by atomic mass is 32.2. The molecule has 0 saturated heterocycles. The van der Waals surface area contributed by atoms with Crippen molar-refractivity contribution in [1.29, 1.82) is 0 Å². The van der Waals surface area contributed by atoms with Crippen LogP contribution in [0.3, 0.4) is 0 Å². The summed E-state index contributed by atoms with van der Waals surface area (Å²) in [5, 5.41) is 3.15. The van der Waals surface area contributed by atoms with Crippen LogP contribution in [0.4, 0.5) is 0 Å². The smallest absolute Gasteiger partial charge is 0.234 e. The summed E-state index contributed by atoms with van der Waals surface area (Å²) in [6.45, 7) is 1.77. The van der Waals surface area contributed by atoms with Crippen molar-refractivity contribution >= 4 is 17.7 Å². The summed E-state index contributed by atoms with van der Waals surface area (Å²) in [5.41, 5.74) is 2.28. The van der Waals surface area contributed by atoms with Crippen molar-refractivity contribution in [2.45, 2.75) is 23.9 Å². The Balaban J connectivity index is 1.54. The van der Waals surface area contributed by atoms with Gasteiger partial charge in [0, 0.05) is 23.4 Å². The lowest BCUT2D eigenvalue weighted by Crippen LogP contribution is -2.38. The zero-order valence-corrected chi connectivity index (χ0v) is 15.5. The molecule has 1 N–H and O–H groups in total. The van der Waals surface area contributed by atoms with Crippen molar-refractivity contribution in [3.63, 3.8) is 0 Å². The molecule has 1 aliphatic heterocycles. The number of hydrogen-bond donors (Lipinski definition) is 1. The molecule has 2 aromatic carbocycles. The fraction of sp³-hybridized carbons (Fsp3) is 0.350. The highest BCUT2D eigenvalue weighted by Crippen LogP contribution is 2.31. The number of hydrogen-bond acceptors (Lipinski definition) is 4. The topological polar surface area (TPSA) is 41.6 Å². The van der Waals surface area contributed by atoms with E-state index in [4.69, 9.17) is 4.74 Å². The Morgan fingerprint density at radius 1 is 1.24 bits per heavy atom. The SMILES string of the molecule is CSc1ccc(CN(C)CC(=O)NC2CCOc3ccccc32)cc1. The second-order valence-corrected chi connectivity index (χ2v) is 7.20. The Hall–Kier alpha value is -1.98. The molecule has 1 aliphatic rings. The van der Waals surface area contributed by atoms with Crippen LogP contribution in [0.2, 0.25) is 0 Å². The van der Waals surface area contributed by atoms with E-state index >= 15 is 0 Å². The minimum atomic E-state index is 0.0340. The van der Waals surface area contributed by atoms with Crippen molar-refractivity contribution in [1.82, 2.24) is 10.2 Å². The molecule has 0 fully saturated rings. The molecule has 2 aromatic rings. The van der Waals surface area contributed by atoms with Crippen molar-refractivity contribution < 1.29 is 9.53 Å². The van der Waals surface area contributed by atoms with Crippen LogP contribution in [-0.4, -0.2) is 37.3 Å². The largest absolute Gasteiger partial charge is 0.493 e. The van der Waals surface area contributed by atoms with E-state index in [1.165, 1.54) is 10.5 Å². The van der Waals surface area contributed by atoms with Gasteiger partial charge in [0.05, 0.1) is 19.2 Å². The number of thioether (sulfide) groups is 1. The van der Waals surface area contributed by atoms with Crippen LogP contribution in [0.25, 0.3) is 0 Å². The number of para-hydroxylation sites is 1. The standard InChI is InChI=1S/C20H24N2O2S/c1-22(13-15-7-9-16(25-2)10-8-15)14-20(23)21-18-11-12-24-19-6-4-3-5-17(18)19/h3-10,18H,11-14H2,1-2H3,(H,21,23). The first-order valence-electron chi connectivity index (χ1n) is 8.48. The lowest BCUT2D eigenvalue weighted by Gasteiger charge is -2.27. The highest BCUT2D eigenvalue weighted by Gasteiger charge is 2.22. The number of nitrogens with one attached hydrogen (secondary N) is 1. The molecule has 25 heavy (non-hydrogen) atoms. The zero-order valence-electron chi connectivity index (χ0n) is 14.7. The van der Waals surface area contributed by atoms with Crippen LogP contribution in [-0.2, 0) is 11.3 Å². The fourth-order valence-electron chi connectivity index (χ4n) is 3.08. The van der Waals surface area contributed by atoms with Crippen molar-refractivity contribution in [3.8, 4) is 5.75 Å². The number of carbonyl (C=O) groups is 1. The molecule has 4 nitrogen and oxygen atoms in total. The summed E-state index contributed by atoms with van der Waals surface area (Å²) in [4.78, 5) is 15.7. The molecule has 0 spiro atoms. The first kappa shape index (κ1) is 17.8. The number of ether oxygens (including phenoxy) is 1. The van der Waals surface area contributed by atoms with Crippen molar-refractivity contribution in [3.05, 3.63) is 59.7 Å². The van der Waals surface area contributed by atoms with Gasteiger partial charge in [0.25, 0.3) is 0 Å². The second kappa shape index (κ2) is 8.41. The van der Waals surface area contributed by atoms with E-state index < -0.39 is 0 Å². The summed E-state index contributed by atoms with van der Waals surface area (Å²) >= 11 is 1.73. The first-order chi connectivity index (χ1) is 12.2. The minimum absolute atomic E-state index is 0.0340. The summed E-state index contributed by atoms with van der Waals surface area (Å²) in [7, 11) is 1.97. The molecule has 1 amide bonds. The Morgan fingerprint density at radius 2 is 2.00 bits per heavy atom. The van der Waals surface area contributed by atoms with Gasteiger partial charge in [-0.1, -0.05) is 30.3 Å². The van der Waals surface area contributed by atoms with Gasteiger partial charge in [-0.05, 0) is 37.1 Å². The Labute approximate surface area is 153 Å². The normalized spacial score (nSPS) is 16.2. The van der Waals surface area contributed by atoms with Gasteiger partial charge in [-0.25, -0.2) is 0 Å². The lowest BCUT2D eigenvalue weighted by atomic mass is 10.0. The minimum Gasteiger partial charge on any atom is -0.493 e. The van der Waals surface area contributed by atoms with E-state index in [1.54, 1.807) is 11.8 Å². The van der Waals surface area contributed by atoms with E-state index in [0.29, 0.717) is 13.2 Å². The van der Waals surface area contributed by atoms with Gasteiger partial charge in [-0.3, -0.25) is 9.69 Å². The predicted octanol–water partition coefficient (Wildman–Crippen LogP) is 3.48. The molecule has 0 bridgehead atoms. The van der Waals surface area contributed by atoms with Crippen LogP contribution >= 0.6 is 11.8 Å². The van der Waals surface area contributed by atoms with Crippen molar-refractivity contribution in [2.24, 2.45) is 0 Å². The van der Waals surface area contributed by atoms with Crippen LogP contribution < -0.4 is 10.1 Å². The molecule has 0 radical (unpaired) electrons. The van der Waals surface area contributed by atoms with Gasteiger partial charge < -0.3 is 10.1 Å². The third kappa shape index (κ3) is 4.77. The molecular formula is C20H24N2O2S. The van der Waals surface area contributed by atoms with Crippen LogP contribution in [0.15, 0.2) is 53.4 Å².